The number of hydrogen-bond acceptors (Lipinski definition) is 5. The summed E-state index contributed by atoms with van der Waals surface area (Å²) < 4.78 is 11.3. The Kier molecular flexibility index (Phi) is 11.8. The summed E-state index contributed by atoms with van der Waals surface area (Å²) in [5, 5.41) is 3.98. The molecule has 1 aliphatic heterocycles. The van der Waals surface area contributed by atoms with E-state index < -0.39 is 0 Å². The van der Waals surface area contributed by atoms with Gasteiger partial charge in [-0.15, -0.1) is 0 Å². The molecule has 3 atom stereocenters. The van der Waals surface area contributed by atoms with Crippen molar-refractivity contribution in [3.63, 3.8) is 0 Å². The van der Waals surface area contributed by atoms with E-state index in [0.717, 1.165) is 50.2 Å². The Bertz CT molecular complexity index is 935. The Morgan fingerprint density at radius 1 is 1.17 bits per heavy atom. The van der Waals surface area contributed by atoms with Crippen molar-refractivity contribution >= 4 is 17.0 Å². The average Bonchev–Trinajstić information content (AvgIpc) is 2.89. The molecular weight excluding hydrogens is 450 g/mol. The number of hydrogen-bond donors (Lipinski definition) is 1. The number of nitrogens with zero attached hydrogens (tertiary/aromatic N) is 2. The summed E-state index contributed by atoms with van der Waals surface area (Å²) >= 11 is 0. The van der Waals surface area contributed by atoms with Gasteiger partial charge in [-0.05, 0) is 94.8 Å². The van der Waals surface area contributed by atoms with Crippen LogP contribution in [0.4, 0.5) is 4.79 Å². The number of unbranched alkanes of at least 4 members (excludes halogenated alkanes) is 4. The van der Waals surface area contributed by atoms with E-state index in [9.17, 15) is 4.79 Å². The number of fused-ring (bicyclic) bond motifs is 1. The lowest BCUT2D eigenvalue weighted by Crippen LogP contribution is -2.46. The van der Waals surface area contributed by atoms with E-state index in [2.05, 4.69) is 41.2 Å². The Morgan fingerprint density at radius 3 is 2.78 bits per heavy atom. The minimum atomic E-state index is -0.294. The summed E-state index contributed by atoms with van der Waals surface area (Å²) in [6, 6.07) is 8.24. The van der Waals surface area contributed by atoms with E-state index in [0.29, 0.717) is 18.4 Å². The van der Waals surface area contributed by atoms with Crippen LogP contribution < -0.4 is 10.1 Å². The number of pyridine rings is 1. The van der Waals surface area contributed by atoms with E-state index in [1.807, 2.05) is 25.3 Å². The van der Waals surface area contributed by atoms with Gasteiger partial charge in [0.15, 0.2) is 0 Å². The van der Waals surface area contributed by atoms with Crippen molar-refractivity contribution in [1.82, 2.24) is 15.2 Å². The zero-order valence-electron chi connectivity index (χ0n) is 22.9. The molecule has 6 nitrogen and oxygen atoms in total. The number of alkyl carbamates (subject to hydrolysis) is 1. The van der Waals surface area contributed by atoms with Crippen LogP contribution in [0.5, 0.6) is 5.75 Å². The van der Waals surface area contributed by atoms with E-state index in [4.69, 9.17) is 9.47 Å². The molecule has 0 saturated carbocycles. The summed E-state index contributed by atoms with van der Waals surface area (Å²) in [4.78, 5) is 19.3. The third kappa shape index (κ3) is 8.36. The van der Waals surface area contributed by atoms with Gasteiger partial charge in [0, 0.05) is 30.6 Å². The number of aryl methyl sites for hydroxylation is 1. The molecular formula is C30H47N3O3. The third-order valence-corrected chi connectivity index (χ3v) is 7.75. The van der Waals surface area contributed by atoms with Crippen LogP contribution >= 0.6 is 0 Å². The SMILES string of the molecule is CCCCCCCN1CC[C@@H](CCCc2ccnc3ccc(OC)cc23)[C@@H](C(C)OC(=O)NCC)C1. The Balaban J connectivity index is 1.60. The second-order valence-electron chi connectivity index (χ2n) is 10.3. The van der Waals surface area contributed by atoms with Gasteiger partial charge in [-0.1, -0.05) is 32.6 Å². The molecule has 36 heavy (non-hydrogen) atoms. The summed E-state index contributed by atoms with van der Waals surface area (Å²) in [5.74, 6) is 1.80. The molecule has 0 radical (unpaired) electrons. The molecule has 2 heterocycles. The Labute approximate surface area is 218 Å². The molecule has 1 fully saturated rings. The topological polar surface area (TPSA) is 63.7 Å². The standard InChI is InChI=1S/C30H47N3O3/c1-5-7-8-9-10-19-33-20-17-25(28(22-33)23(3)36-30(34)31-6-2)13-11-12-24-16-18-32-29-15-14-26(35-4)21-27(24)29/h14-16,18,21,23,25,28H,5-13,17,19-20,22H2,1-4H3,(H,31,34)/t23?,25-,28-/m1/s1. The lowest BCUT2D eigenvalue weighted by molar-refractivity contribution is 0.00518. The highest BCUT2D eigenvalue weighted by molar-refractivity contribution is 5.83. The van der Waals surface area contributed by atoms with Crippen molar-refractivity contribution in [2.24, 2.45) is 11.8 Å². The van der Waals surface area contributed by atoms with Gasteiger partial charge in [-0.2, -0.15) is 0 Å². The predicted molar refractivity (Wildman–Crippen MR) is 148 cm³/mol. The monoisotopic (exact) mass is 497 g/mol. The second kappa shape index (κ2) is 15.0. The fourth-order valence-electron chi connectivity index (χ4n) is 5.66. The van der Waals surface area contributed by atoms with E-state index in [1.54, 1.807) is 7.11 Å². The van der Waals surface area contributed by atoms with Crippen LogP contribution in [0.3, 0.4) is 0 Å². The molecule has 6 heteroatoms. The smallest absolute Gasteiger partial charge is 0.407 e. The number of amides is 1. The molecule has 0 bridgehead atoms. The summed E-state index contributed by atoms with van der Waals surface area (Å²) in [5.41, 5.74) is 2.34. The van der Waals surface area contributed by atoms with Crippen LogP contribution in [0.25, 0.3) is 10.9 Å². The van der Waals surface area contributed by atoms with E-state index in [1.165, 1.54) is 49.5 Å². The first-order chi connectivity index (χ1) is 17.5. The molecule has 2 aromatic rings. The lowest BCUT2D eigenvalue weighted by Gasteiger charge is -2.41. The van der Waals surface area contributed by atoms with Crippen molar-refractivity contribution in [3.8, 4) is 5.75 Å². The summed E-state index contributed by atoms with van der Waals surface area (Å²) in [7, 11) is 1.71. The zero-order chi connectivity index (χ0) is 25.8. The van der Waals surface area contributed by atoms with Crippen LogP contribution in [0, 0.1) is 11.8 Å². The molecule has 1 amide bonds. The molecule has 0 spiro atoms. The second-order valence-corrected chi connectivity index (χ2v) is 10.3. The quantitative estimate of drug-likeness (QED) is 0.298. The zero-order valence-corrected chi connectivity index (χ0v) is 22.9. The maximum Gasteiger partial charge on any atom is 0.407 e. The van der Waals surface area contributed by atoms with Crippen molar-refractivity contribution < 1.29 is 14.3 Å². The highest BCUT2D eigenvalue weighted by Crippen LogP contribution is 2.33. The fourth-order valence-corrected chi connectivity index (χ4v) is 5.66. The van der Waals surface area contributed by atoms with Gasteiger partial charge in [0.2, 0.25) is 0 Å². The number of rotatable bonds is 14. The molecule has 1 aromatic heterocycles. The summed E-state index contributed by atoms with van der Waals surface area (Å²) in [6.45, 7) is 10.2. The molecule has 1 saturated heterocycles. The van der Waals surface area contributed by atoms with Crippen LogP contribution in [0.2, 0.25) is 0 Å². The van der Waals surface area contributed by atoms with Crippen molar-refractivity contribution in [1.29, 1.82) is 0 Å². The predicted octanol–water partition coefficient (Wildman–Crippen LogP) is 6.61. The fraction of sp³-hybridized carbons (Fsp3) is 0.667. The number of likely N-dealkylation sites (tertiary alicyclic amines) is 1. The Hall–Kier alpha value is -2.34. The molecule has 1 N–H and O–H groups in total. The van der Waals surface area contributed by atoms with Gasteiger partial charge in [0.25, 0.3) is 0 Å². The summed E-state index contributed by atoms with van der Waals surface area (Å²) in [6.07, 6.45) is 12.5. The van der Waals surface area contributed by atoms with Crippen LogP contribution in [0.1, 0.15) is 77.7 Å². The normalized spacial score (nSPS) is 19.2. The average molecular weight is 498 g/mol. The van der Waals surface area contributed by atoms with E-state index in [-0.39, 0.29) is 12.2 Å². The van der Waals surface area contributed by atoms with Gasteiger partial charge in [-0.3, -0.25) is 4.98 Å². The maximum absolute atomic E-state index is 12.2. The first kappa shape index (κ1) is 28.2. The van der Waals surface area contributed by atoms with Crippen LogP contribution in [-0.4, -0.2) is 55.4 Å². The number of benzene rings is 1. The number of carbonyl (C=O) groups excluding carboxylic acids is 1. The lowest BCUT2D eigenvalue weighted by atomic mass is 9.78. The molecule has 1 aromatic carbocycles. The molecule has 0 aliphatic carbocycles. The number of carbonyl (C=O) groups is 1. The number of piperidine rings is 1. The molecule has 1 unspecified atom stereocenters. The van der Waals surface area contributed by atoms with Gasteiger partial charge in [0.05, 0.1) is 12.6 Å². The highest BCUT2D eigenvalue weighted by Gasteiger charge is 2.34. The minimum absolute atomic E-state index is 0.0875. The molecule has 1 aliphatic rings. The first-order valence-electron chi connectivity index (χ1n) is 14.1. The van der Waals surface area contributed by atoms with Gasteiger partial charge < -0.3 is 19.7 Å². The van der Waals surface area contributed by atoms with Gasteiger partial charge in [-0.25, -0.2) is 4.79 Å². The van der Waals surface area contributed by atoms with Crippen molar-refractivity contribution in [2.45, 2.75) is 84.7 Å². The first-order valence-corrected chi connectivity index (χ1v) is 14.1. The highest BCUT2D eigenvalue weighted by atomic mass is 16.6. The number of ether oxygens (including phenoxy) is 2. The molecule has 3 rings (SSSR count). The van der Waals surface area contributed by atoms with Crippen LogP contribution in [-0.2, 0) is 11.2 Å². The van der Waals surface area contributed by atoms with Crippen molar-refractivity contribution in [3.05, 3.63) is 36.0 Å². The Morgan fingerprint density at radius 2 is 2.00 bits per heavy atom. The van der Waals surface area contributed by atoms with Crippen LogP contribution in [0.15, 0.2) is 30.5 Å². The van der Waals surface area contributed by atoms with E-state index >= 15 is 0 Å². The minimum Gasteiger partial charge on any atom is -0.497 e. The van der Waals surface area contributed by atoms with Crippen molar-refractivity contribution in [2.75, 3.05) is 33.3 Å². The number of aromatic nitrogens is 1. The number of nitrogens with one attached hydrogen (secondary N) is 1. The largest absolute Gasteiger partial charge is 0.497 e. The van der Waals surface area contributed by atoms with Gasteiger partial charge >= 0.3 is 6.09 Å². The molecule has 200 valence electrons. The maximum atomic E-state index is 12.2. The van der Waals surface area contributed by atoms with Gasteiger partial charge in [0.1, 0.15) is 11.9 Å². The third-order valence-electron chi connectivity index (χ3n) is 7.75. The number of methoxy groups -OCH3 is 1.